The summed E-state index contributed by atoms with van der Waals surface area (Å²) in [4.78, 5) is 26.5. The molecule has 4 rings (SSSR count). The molecule has 5 nitrogen and oxygen atoms in total. The van der Waals surface area contributed by atoms with Crippen molar-refractivity contribution < 1.29 is 4.79 Å². The quantitative estimate of drug-likeness (QED) is 0.832. The summed E-state index contributed by atoms with van der Waals surface area (Å²) >= 11 is 0. The second-order valence-corrected chi connectivity index (χ2v) is 8.60. The number of carbonyl (C=O) groups is 1. The molecule has 0 bridgehead atoms. The molecule has 1 spiro atoms. The van der Waals surface area contributed by atoms with Crippen molar-refractivity contribution in [1.82, 2.24) is 14.9 Å². The van der Waals surface area contributed by atoms with E-state index in [0.29, 0.717) is 11.9 Å². The number of amides is 1. The Balaban J connectivity index is 1.56. The Bertz CT molecular complexity index is 670. The average molecular weight is 357 g/mol. The van der Waals surface area contributed by atoms with Gasteiger partial charge in [-0.2, -0.15) is 0 Å². The monoisotopic (exact) mass is 356 g/mol. The maximum Gasteiger partial charge on any atom is 0.222 e. The minimum atomic E-state index is 0.249. The molecule has 0 N–H and O–H groups in total. The lowest BCUT2D eigenvalue weighted by Crippen LogP contribution is -2.56. The van der Waals surface area contributed by atoms with Crippen LogP contribution in [0.15, 0.2) is 6.20 Å². The number of anilines is 1. The van der Waals surface area contributed by atoms with Gasteiger partial charge in [-0.25, -0.2) is 9.97 Å². The van der Waals surface area contributed by atoms with E-state index in [-0.39, 0.29) is 5.41 Å². The third-order valence-electron chi connectivity index (χ3n) is 6.76. The van der Waals surface area contributed by atoms with E-state index in [1.807, 2.05) is 13.1 Å². The Labute approximate surface area is 157 Å². The van der Waals surface area contributed by atoms with Gasteiger partial charge in [-0.15, -0.1) is 0 Å². The van der Waals surface area contributed by atoms with Gasteiger partial charge in [-0.3, -0.25) is 4.79 Å². The van der Waals surface area contributed by atoms with E-state index in [4.69, 9.17) is 4.98 Å². The highest BCUT2D eigenvalue weighted by atomic mass is 16.2. The van der Waals surface area contributed by atoms with Crippen LogP contribution in [0.1, 0.15) is 69.7 Å². The third-order valence-corrected chi connectivity index (χ3v) is 6.76. The van der Waals surface area contributed by atoms with E-state index in [0.717, 1.165) is 50.5 Å². The Morgan fingerprint density at radius 3 is 2.77 bits per heavy atom. The number of aromatic nitrogens is 2. The van der Waals surface area contributed by atoms with Gasteiger partial charge in [0.15, 0.2) is 0 Å². The Kier molecular flexibility index (Phi) is 4.89. The molecule has 1 amide bonds. The van der Waals surface area contributed by atoms with Crippen molar-refractivity contribution in [3.05, 3.63) is 17.6 Å². The fraction of sp³-hybridized carbons (Fsp3) is 0.762. The number of piperidine rings is 2. The van der Waals surface area contributed by atoms with Crippen molar-refractivity contribution >= 4 is 11.7 Å². The van der Waals surface area contributed by atoms with Gasteiger partial charge in [-0.05, 0) is 45.4 Å². The lowest BCUT2D eigenvalue weighted by Gasteiger charge is -2.50. The fourth-order valence-corrected chi connectivity index (χ4v) is 5.32. The van der Waals surface area contributed by atoms with Crippen LogP contribution < -0.4 is 4.90 Å². The zero-order chi connectivity index (χ0) is 18.1. The van der Waals surface area contributed by atoms with E-state index in [1.165, 1.54) is 44.1 Å². The predicted octanol–water partition coefficient (Wildman–Crippen LogP) is 3.50. The number of carbonyl (C=O) groups excluding carboxylic acids is 1. The Hall–Kier alpha value is -1.65. The molecule has 3 fully saturated rings. The summed E-state index contributed by atoms with van der Waals surface area (Å²) in [7, 11) is 0. The van der Waals surface area contributed by atoms with Crippen LogP contribution in [-0.2, 0) is 11.2 Å². The van der Waals surface area contributed by atoms with Crippen LogP contribution in [-0.4, -0.2) is 46.5 Å². The van der Waals surface area contributed by atoms with Gasteiger partial charge in [0.2, 0.25) is 5.91 Å². The zero-order valence-electron chi connectivity index (χ0n) is 16.3. The normalized spacial score (nSPS) is 27.5. The molecule has 1 unspecified atom stereocenters. The lowest BCUT2D eigenvalue weighted by molar-refractivity contribution is -0.140. The fourth-order valence-electron chi connectivity index (χ4n) is 5.32. The van der Waals surface area contributed by atoms with Crippen LogP contribution in [0.3, 0.4) is 0 Å². The maximum absolute atomic E-state index is 12.6. The summed E-state index contributed by atoms with van der Waals surface area (Å²) in [5, 5.41) is 0. The first-order valence-corrected chi connectivity index (χ1v) is 10.5. The van der Waals surface area contributed by atoms with Gasteiger partial charge in [-0.1, -0.05) is 19.8 Å². The molecule has 0 radical (unpaired) electrons. The number of nitrogens with zero attached hydrogens (tertiary/aromatic N) is 4. The number of aryl methyl sites for hydroxylation is 2. The largest absolute Gasteiger partial charge is 0.356 e. The summed E-state index contributed by atoms with van der Waals surface area (Å²) in [6.45, 7) is 7.22. The topological polar surface area (TPSA) is 49.3 Å². The van der Waals surface area contributed by atoms with Gasteiger partial charge in [0.25, 0.3) is 0 Å². The molecule has 2 aliphatic heterocycles. The summed E-state index contributed by atoms with van der Waals surface area (Å²) in [5.74, 6) is 2.37. The first kappa shape index (κ1) is 17.7. The average Bonchev–Trinajstić information content (AvgIpc) is 3.19. The maximum atomic E-state index is 12.6. The molecule has 0 aromatic carbocycles. The van der Waals surface area contributed by atoms with Gasteiger partial charge < -0.3 is 9.80 Å². The second-order valence-electron chi connectivity index (χ2n) is 8.60. The summed E-state index contributed by atoms with van der Waals surface area (Å²) in [6.07, 6.45) is 12.1. The van der Waals surface area contributed by atoms with Crippen LogP contribution in [0.4, 0.5) is 5.82 Å². The zero-order valence-corrected chi connectivity index (χ0v) is 16.3. The van der Waals surface area contributed by atoms with E-state index in [2.05, 4.69) is 21.7 Å². The van der Waals surface area contributed by atoms with Crippen molar-refractivity contribution in [2.24, 2.45) is 5.41 Å². The molecule has 1 saturated carbocycles. The Morgan fingerprint density at radius 1 is 1.19 bits per heavy atom. The SMILES string of the molecule is CCc1cnc(C)nc1N1CCCC2(CCC(=O)N(C3CCCC3)C2)C1. The first-order valence-electron chi connectivity index (χ1n) is 10.5. The van der Waals surface area contributed by atoms with Crippen molar-refractivity contribution in [2.75, 3.05) is 24.5 Å². The van der Waals surface area contributed by atoms with Crippen LogP contribution >= 0.6 is 0 Å². The minimum Gasteiger partial charge on any atom is -0.356 e. The van der Waals surface area contributed by atoms with E-state index < -0.39 is 0 Å². The van der Waals surface area contributed by atoms with Gasteiger partial charge in [0.05, 0.1) is 0 Å². The molecule has 5 heteroatoms. The van der Waals surface area contributed by atoms with Crippen LogP contribution in [0.5, 0.6) is 0 Å². The van der Waals surface area contributed by atoms with Crippen molar-refractivity contribution in [1.29, 1.82) is 0 Å². The molecule has 2 saturated heterocycles. The highest BCUT2D eigenvalue weighted by Crippen LogP contribution is 2.42. The molecule has 1 aromatic heterocycles. The number of likely N-dealkylation sites (tertiary alicyclic amines) is 1. The van der Waals surface area contributed by atoms with Crippen LogP contribution in [0.2, 0.25) is 0 Å². The van der Waals surface area contributed by atoms with Crippen LogP contribution in [0, 0.1) is 12.3 Å². The lowest BCUT2D eigenvalue weighted by atomic mass is 9.73. The number of hydrogen-bond acceptors (Lipinski definition) is 4. The molecule has 1 aliphatic carbocycles. The standard InChI is InChI=1S/C21H32N4O/c1-3-17-13-22-16(2)23-20(17)24-12-6-10-21(14-24)11-9-19(26)25(15-21)18-7-4-5-8-18/h13,18H,3-12,14-15H2,1-2H3. The van der Waals surface area contributed by atoms with Gasteiger partial charge in [0, 0.05) is 49.3 Å². The first-order chi connectivity index (χ1) is 12.6. The smallest absolute Gasteiger partial charge is 0.222 e. The summed E-state index contributed by atoms with van der Waals surface area (Å²) in [6, 6.07) is 0.502. The van der Waals surface area contributed by atoms with Crippen molar-refractivity contribution in [3.8, 4) is 0 Å². The van der Waals surface area contributed by atoms with Crippen molar-refractivity contribution in [3.63, 3.8) is 0 Å². The molecular weight excluding hydrogens is 324 g/mol. The molecule has 3 aliphatic rings. The summed E-state index contributed by atoms with van der Waals surface area (Å²) in [5.41, 5.74) is 1.49. The molecular formula is C21H32N4O. The highest BCUT2D eigenvalue weighted by Gasteiger charge is 2.44. The summed E-state index contributed by atoms with van der Waals surface area (Å²) < 4.78 is 0. The van der Waals surface area contributed by atoms with E-state index in [1.54, 1.807) is 0 Å². The van der Waals surface area contributed by atoms with Gasteiger partial charge in [0.1, 0.15) is 11.6 Å². The van der Waals surface area contributed by atoms with Crippen molar-refractivity contribution in [2.45, 2.75) is 77.7 Å². The highest BCUT2D eigenvalue weighted by molar-refractivity contribution is 5.77. The Morgan fingerprint density at radius 2 is 2.00 bits per heavy atom. The third kappa shape index (κ3) is 3.33. The second kappa shape index (κ2) is 7.16. The molecule has 1 atom stereocenters. The minimum absolute atomic E-state index is 0.249. The van der Waals surface area contributed by atoms with Crippen LogP contribution in [0.25, 0.3) is 0 Å². The molecule has 3 heterocycles. The molecule has 142 valence electrons. The molecule has 26 heavy (non-hydrogen) atoms. The van der Waals surface area contributed by atoms with E-state index >= 15 is 0 Å². The number of rotatable bonds is 3. The number of hydrogen-bond donors (Lipinski definition) is 0. The van der Waals surface area contributed by atoms with E-state index in [9.17, 15) is 4.79 Å². The predicted molar refractivity (Wildman–Crippen MR) is 103 cm³/mol. The molecule has 1 aromatic rings. The van der Waals surface area contributed by atoms with Gasteiger partial charge >= 0.3 is 0 Å².